The molecular formula is C15H19NO3Si. The standard InChI is InChI=1S/C15H19NO3Si/c1-20(2,3)15-9-5-8-12(15,16(17)18)10-6-4-7(11(10)15)14(9)13(6,8)19-14/h6-11H,4-5H2,1-3H3/t6-,7+,8+,9-,10-,11+,12+,13+,14-,15+/m0/s1. The maximum absolute atomic E-state index is 12.3. The highest BCUT2D eigenvalue weighted by molar-refractivity contribution is 6.80. The van der Waals surface area contributed by atoms with Gasteiger partial charge in [-0.2, -0.15) is 0 Å². The van der Waals surface area contributed by atoms with Gasteiger partial charge < -0.3 is 4.74 Å². The topological polar surface area (TPSA) is 55.7 Å². The second-order valence-corrected chi connectivity index (χ2v) is 15.1. The molecule has 2 spiro atoms. The van der Waals surface area contributed by atoms with Crippen molar-refractivity contribution in [3.8, 4) is 0 Å². The van der Waals surface area contributed by atoms with Gasteiger partial charge in [0.1, 0.15) is 11.2 Å². The summed E-state index contributed by atoms with van der Waals surface area (Å²) in [4.78, 5) is 12.5. The van der Waals surface area contributed by atoms with Crippen molar-refractivity contribution in [1.82, 2.24) is 0 Å². The van der Waals surface area contributed by atoms with E-state index in [0.717, 1.165) is 6.42 Å². The Kier molecular flexibility index (Phi) is 1.03. The second-order valence-electron chi connectivity index (χ2n) is 9.73. The number of nitrogens with zero attached hydrogens (tertiary/aromatic N) is 1. The van der Waals surface area contributed by atoms with E-state index >= 15 is 0 Å². The van der Waals surface area contributed by atoms with Gasteiger partial charge in [0.15, 0.2) is 0 Å². The SMILES string of the molecule is C[Si](C)(C)[C@@]12[C@H]3[C@@H]4[C@@H]5C[C@H]3[C@@]36O[C@@]53[C@H](C[C@@H]61)[C@@]42[N+](=O)[O-]. The molecule has 4 bridgehead atoms. The Labute approximate surface area is 118 Å². The molecule has 0 N–H and O–H groups in total. The molecule has 0 aromatic heterocycles. The van der Waals surface area contributed by atoms with E-state index in [-0.39, 0.29) is 27.1 Å². The molecule has 1 heterocycles. The Balaban J connectivity index is 1.68. The van der Waals surface area contributed by atoms with Crippen molar-refractivity contribution in [3.63, 3.8) is 0 Å². The van der Waals surface area contributed by atoms with Crippen molar-refractivity contribution in [2.45, 2.75) is 54.3 Å². The van der Waals surface area contributed by atoms with E-state index in [4.69, 9.17) is 4.74 Å². The van der Waals surface area contributed by atoms with Gasteiger partial charge in [-0.15, -0.1) is 0 Å². The van der Waals surface area contributed by atoms with Gasteiger partial charge in [-0.05, 0) is 24.7 Å². The number of nitro groups is 1. The first-order valence-electron chi connectivity index (χ1n) is 8.19. The third-order valence-corrected chi connectivity index (χ3v) is 13.2. The first-order chi connectivity index (χ1) is 9.34. The van der Waals surface area contributed by atoms with Crippen LogP contribution in [0.1, 0.15) is 12.8 Å². The molecule has 8 aliphatic rings. The molecule has 7 aliphatic carbocycles. The van der Waals surface area contributed by atoms with Crippen LogP contribution in [0.5, 0.6) is 0 Å². The van der Waals surface area contributed by atoms with Crippen molar-refractivity contribution >= 4 is 8.07 Å². The molecule has 8 fully saturated rings. The molecule has 5 heteroatoms. The zero-order valence-electron chi connectivity index (χ0n) is 12.1. The molecule has 20 heavy (non-hydrogen) atoms. The predicted octanol–water partition coefficient (Wildman–Crippen LogP) is 2.15. The van der Waals surface area contributed by atoms with Crippen molar-refractivity contribution in [2.75, 3.05) is 0 Å². The molecule has 4 nitrogen and oxygen atoms in total. The Morgan fingerprint density at radius 1 is 1.10 bits per heavy atom. The normalized spacial score (nSPS) is 78.3. The largest absolute Gasteiger partial charge is 0.361 e. The van der Waals surface area contributed by atoms with Crippen LogP contribution in [0, 0.1) is 45.6 Å². The summed E-state index contributed by atoms with van der Waals surface area (Å²) >= 11 is 0. The van der Waals surface area contributed by atoms with Crippen molar-refractivity contribution < 1.29 is 9.66 Å². The number of hydrogen-bond acceptors (Lipinski definition) is 3. The highest BCUT2D eigenvalue weighted by atomic mass is 28.3. The summed E-state index contributed by atoms with van der Waals surface area (Å²) in [7, 11) is -1.61. The van der Waals surface area contributed by atoms with Gasteiger partial charge in [-0.1, -0.05) is 19.6 Å². The van der Waals surface area contributed by atoms with Crippen LogP contribution in [0.2, 0.25) is 24.7 Å². The zero-order valence-corrected chi connectivity index (χ0v) is 13.1. The van der Waals surface area contributed by atoms with Gasteiger partial charge in [-0.25, -0.2) is 0 Å². The Morgan fingerprint density at radius 3 is 2.40 bits per heavy atom. The Hall–Kier alpha value is -0.423. The summed E-state index contributed by atoms with van der Waals surface area (Å²) in [6.07, 6.45) is 2.40. The van der Waals surface area contributed by atoms with Gasteiger partial charge in [0.25, 0.3) is 0 Å². The fourth-order valence-corrected chi connectivity index (χ4v) is 14.8. The Bertz CT molecular complexity index is 675. The first kappa shape index (κ1) is 10.3. The van der Waals surface area contributed by atoms with E-state index in [2.05, 4.69) is 19.6 Å². The van der Waals surface area contributed by atoms with E-state index in [1.165, 1.54) is 6.42 Å². The molecular weight excluding hydrogens is 270 g/mol. The minimum absolute atomic E-state index is 0.0101. The first-order valence-corrected chi connectivity index (χ1v) is 11.7. The highest BCUT2D eigenvalue weighted by Crippen LogP contribution is 3.08. The molecule has 1 saturated heterocycles. The lowest BCUT2D eigenvalue weighted by Crippen LogP contribution is -2.74. The maximum Gasteiger partial charge on any atom is 0.235 e. The average molecular weight is 289 g/mol. The van der Waals surface area contributed by atoms with E-state index in [1.807, 2.05) is 0 Å². The van der Waals surface area contributed by atoms with Gasteiger partial charge in [0.05, 0.1) is 14.0 Å². The summed E-state index contributed by atoms with van der Waals surface area (Å²) in [5, 5.41) is 12.4. The van der Waals surface area contributed by atoms with Gasteiger partial charge in [0.2, 0.25) is 5.54 Å². The van der Waals surface area contributed by atoms with E-state index in [9.17, 15) is 10.1 Å². The second kappa shape index (κ2) is 2.00. The molecule has 1 aliphatic heterocycles. The lowest BCUT2D eigenvalue weighted by molar-refractivity contribution is -0.615. The monoisotopic (exact) mass is 289 g/mol. The van der Waals surface area contributed by atoms with Crippen molar-refractivity contribution in [2.24, 2.45) is 35.5 Å². The van der Waals surface area contributed by atoms with Crippen LogP contribution in [0.25, 0.3) is 0 Å². The average Bonchev–Trinajstić information content (AvgIpc) is 2.52. The molecule has 0 aromatic rings. The van der Waals surface area contributed by atoms with Crippen LogP contribution in [-0.2, 0) is 4.74 Å². The van der Waals surface area contributed by atoms with Crippen LogP contribution >= 0.6 is 0 Å². The molecule has 8 rings (SSSR count). The molecule has 106 valence electrons. The summed E-state index contributed by atoms with van der Waals surface area (Å²) < 4.78 is 6.49. The molecule has 10 atom stereocenters. The number of epoxide rings is 1. The summed E-state index contributed by atoms with van der Waals surface area (Å²) in [6, 6.07) is 0. The Morgan fingerprint density at radius 2 is 1.75 bits per heavy atom. The van der Waals surface area contributed by atoms with Gasteiger partial charge in [0, 0.05) is 27.7 Å². The van der Waals surface area contributed by atoms with Crippen molar-refractivity contribution in [1.29, 1.82) is 0 Å². The van der Waals surface area contributed by atoms with Crippen molar-refractivity contribution in [3.05, 3.63) is 10.1 Å². The minimum Gasteiger partial charge on any atom is -0.361 e. The quantitative estimate of drug-likeness (QED) is 0.339. The molecule has 0 aromatic carbocycles. The van der Waals surface area contributed by atoms with Gasteiger partial charge in [-0.3, -0.25) is 10.1 Å². The van der Waals surface area contributed by atoms with Crippen LogP contribution in [0.4, 0.5) is 0 Å². The molecule has 7 saturated carbocycles. The van der Waals surface area contributed by atoms with Crippen LogP contribution < -0.4 is 0 Å². The van der Waals surface area contributed by atoms with E-state index < -0.39 is 13.6 Å². The zero-order chi connectivity index (χ0) is 13.7. The number of ether oxygens (including phenoxy) is 1. The fraction of sp³-hybridized carbons (Fsp3) is 1.00. The molecule has 0 unspecified atom stereocenters. The third kappa shape index (κ3) is 0.442. The van der Waals surface area contributed by atoms with Crippen LogP contribution in [-0.4, -0.2) is 29.7 Å². The summed E-state index contributed by atoms with van der Waals surface area (Å²) in [6.45, 7) is 7.21. The summed E-state index contributed by atoms with van der Waals surface area (Å²) in [5.74, 6) is 3.15. The predicted molar refractivity (Wildman–Crippen MR) is 72.5 cm³/mol. The van der Waals surface area contributed by atoms with E-state index in [0.29, 0.717) is 29.6 Å². The third-order valence-electron chi connectivity index (χ3n) is 9.60. The maximum atomic E-state index is 12.3. The number of hydrogen-bond donors (Lipinski definition) is 0. The molecule has 0 amide bonds. The van der Waals surface area contributed by atoms with Gasteiger partial charge >= 0.3 is 0 Å². The summed E-state index contributed by atoms with van der Waals surface area (Å²) in [5.41, 5.74) is -0.390. The molecule has 0 radical (unpaired) electrons. The van der Waals surface area contributed by atoms with Crippen LogP contribution in [0.3, 0.4) is 0 Å². The lowest BCUT2D eigenvalue weighted by atomic mass is 9.53. The number of rotatable bonds is 2. The smallest absolute Gasteiger partial charge is 0.235 e. The lowest BCUT2D eigenvalue weighted by Gasteiger charge is -2.63. The van der Waals surface area contributed by atoms with E-state index in [1.54, 1.807) is 0 Å². The minimum atomic E-state index is -1.61. The highest BCUT2D eigenvalue weighted by Gasteiger charge is 3.17. The van der Waals surface area contributed by atoms with Crippen LogP contribution in [0.15, 0.2) is 0 Å². The fourth-order valence-electron chi connectivity index (χ4n) is 10.4.